The summed E-state index contributed by atoms with van der Waals surface area (Å²) in [7, 11) is 3.97. The van der Waals surface area contributed by atoms with Crippen LogP contribution < -0.4 is 14.5 Å². The summed E-state index contributed by atoms with van der Waals surface area (Å²) in [5.74, 6) is 0.722. The smallest absolute Gasteiger partial charge is 0.260 e. The van der Waals surface area contributed by atoms with Crippen molar-refractivity contribution in [1.29, 1.82) is 0 Å². The topological polar surface area (TPSA) is 69.2 Å². The van der Waals surface area contributed by atoms with Gasteiger partial charge >= 0.3 is 0 Å². The molecular weight excluding hydrogens is 526 g/mol. The number of nitrogens with zero attached hydrogens (tertiary/aromatic N) is 5. The van der Waals surface area contributed by atoms with Gasteiger partial charge in [0.2, 0.25) is 5.91 Å². The van der Waals surface area contributed by atoms with Gasteiger partial charge in [0.25, 0.3) is 5.91 Å². The predicted octanol–water partition coefficient (Wildman–Crippen LogP) is 5.13. The lowest BCUT2D eigenvalue weighted by Gasteiger charge is -2.44. The third-order valence-electron chi connectivity index (χ3n) is 8.54. The van der Waals surface area contributed by atoms with Crippen molar-refractivity contribution in [2.24, 2.45) is 0 Å². The maximum absolute atomic E-state index is 13.9. The van der Waals surface area contributed by atoms with Crippen LogP contribution in [0.4, 0.5) is 11.4 Å². The first-order valence-electron chi connectivity index (χ1n) is 15.1. The van der Waals surface area contributed by atoms with Crippen molar-refractivity contribution in [2.45, 2.75) is 64.2 Å². The first-order valence-corrected chi connectivity index (χ1v) is 15.1. The molecule has 8 heteroatoms. The highest BCUT2D eigenvalue weighted by Crippen LogP contribution is 2.32. The fourth-order valence-electron chi connectivity index (χ4n) is 6.24. The summed E-state index contributed by atoms with van der Waals surface area (Å²) in [4.78, 5) is 39.9. The summed E-state index contributed by atoms with van der Waals surface area (Å²) in [6, 6.07) is 20.5. The molecule has 3 heterocycles. The van der Waals surface area contributed by atoms with E-state index in [1.807, 2.05) is 96.6 Å². The minimum absolute atomic E-state index is 0.0445. The van der Waals surface area contributed by atoms with Crippen LogP contribution in [0, 0.1) is 0 Å². The van der Waals surface area contributed by atoms with Crippen LogP contribution in [-0.2, 0) is 22.7 Å². The fraction of sp³-hybridized carbons (Fsp3) is 0.441. The van der Waals surface area contributed by atoms with Gasteiger partial charge in [0.15, 0.2) is 6.61 Å². The van der Waals surface area contributed by atoms with Crippen molar-refractivity contribution >= 4 is 23.2 Å². The minimum Gasteiger partial charge on any atom is -0.484 e. The minimum atomic E-state index is -0.0568. The number of rotatable bonds is 7. The third kappa shape index (κ3) is 7.10. The number of aromatic nitrogens is 1. The van der Waals surface area contributed by atoms with Gasteiger partial charge < -0.3 is 19.4 Å². The molecule has 0 N–H and O–H groups in total. The Kier molecular flexibility index (Phi) is 9.74. The fourth-order valence-corrected chi connectivity index (χ4v) is 6.24. The molecule has 0 spiro atoms. The third-order valence-corrected chi connectivity index (χ3v) is 8.54. The molecule has 2 unspecified atom stereocenters. The Hall–Kier alpha value is -3.91. The van der Waals surface area contributed by atoms with Crippen molar-refractivity contribution in [3.8, 4) is 5.75 Å². The van der Waals surface area contributed by atoms with Crippen LogP contribution in [0.5, 0.6) is 5.75 Å². The summed E-state index contributed by atoms with van der Waals surface area (Å²) >= 11 is 0. The molecule has 2 aliphatic rings. The molecule has 1 fully saturated rings. The van der Waals surface area contributed by atoms with E-state index < -0.39 is 0 Å². The molecular formula is C34H43N5O3. The van der Waals surface area contributed by atoms with Crippen molar-refractivity contribution in [1.82, 2.24) is 14.8 Å². The number of carbonyl (C=O) groups excluding carboxylic acids is 2. The standard InChI is InChI=1S/C34H43N5O3/c1-4-33(40)38-20-17-28-10-7-12-30(39(28)22-26-15-18-35-19-16-26)24-37(23-27-9-5-6-14-32(27)38)34(41)25-42-31-13-8-11-29(21-31)36(2)3/h5-6,8-9,11,13-16,18-19,21,28,30H,4,7,10,12,17,20,22-25H2,1-3H3. The van der Waals surface area contributed by atoms with E-state index in [1.165, 1.54) is 5.56 Å². The molecule has 3 aromatic rings. The van der Waals surface area contributed by atoms with Gasteiger partial charge in [-0.15, -0.1) is 0 Å². The van der Waals surface area contributed by atoms with Gasteiger partial charge in [-0.2, -0.15) is 0 Å². The van der Waals surface area contributed by atoms with Crippen molar-refractivity contribution in [2.75, 3.05) is 43.6 Å². The van der Waals surface area contributed by atoms with Gasteiger partial charge in [-0.25, -0.2) is 0 Å². The highest BCUT2D eigenvalue weighted by molar-refractivity contribution is 5.94. The van der Waals surface area contributed by atoms with Gasteiger partial charge in [-0.3, -0.25) is 19.5 Å². The van der Waals surface area contributed by atoms with Gasteiger partial charge in [0, 0.05) is 88.6 Å². The lowest BCUT2D eigenvalue weighted by molar-refractivity contribution is -0.135. The average molecular weight is 570 g/mol. The number of benzene rings is 2. The lowest BCUT2D eigenvalue weighted by atomic mass is 9.92. The molecule has 0 aliphatic carbocycles. The van der Waals surface area contributed by atoms with Crippen LogP contribution in [0.15, 0.2) is 73.1 Å². The SMILES string of the molecule is CCC(=O)N1CCC2CCCC(CN(C(=O)COc3cccc(N(C)C)c3)Cc3ccccc31)N2Cc1ccncc1. The molecule has 222 valence electrons. The number of pyridine rings is 1. The molecule has 2 bridgehead atoms. The Labute approximate surface area is 249 Å². The van der Waals surface area contributed by atoms with Crippen LogP contribution in [0.25, 0.3) is 0 Å². The zero-order valence-electron chi connectivity index (χ0n) is 25.1. The Bertz CT molecular complexity index is 1350. The average Bonchev–Trinajstić information content (AvgIpc) is 3.02. The molecule has 0 saturated carbocycles. The molecule has 2 amide bonds. The zero-order chi connectivity index (χ0) is 29.5. The summed E-state index contributed by atoms with van der Waals surface area (Å²) < 4.78 is 6.05. The summed E-state index contributed by atoms with van der Waals surface area (Å²) in [5, 5.41) is 0. The normalized spacial score (nSPS) is 19.4. The second kappa shape index (κ2) is 13.8. The number of ether oxygens (including phenoxy) is 1. The molecule has 42 heavy (non-hydrogen) atoms. The Balaban J connectivity index is 1.47. The number of amides is 2. The molecule has 1 saturated heterocycles. The van der Waals surface area contributed by atoms with Crippen molar-refractivity contribution in [3.63, 3.8) is 0 Å². The molecule has 2 aliphatic heterocycles. The van der Waals surface area contributed by atoms with E-state index in [2.05, 4.69) is 22.0 Å². The van der Waals surface area contributed by atoms with Gasteiger partial charge in [0.05, 0.1) is 0 Å². The van der Waals surface area contributed by atoms with Crippen molar-refractivity contribution in [3.05, 3.63) is 84.2 Å². The summed E-state index contributed by atoms with van der Waals surface area (Å²) in [6.45, 7) is 4.36. The monoisotopic (exact) mass is 569 g/mol. The van der Waals surface area contributed by atoms with Crippen LogP contribution >= 0.6 is 0 Å². The van der Waals surface area contributed by atoms with Crippen LogP contribution in [-0.4, -0.2) is 72.5 Å². The highest BCUT2D eigenvalue weighted by Gasteiger charge is 2.35. The van der Waals surface area contributed by atoms with E-state index in [1.54, 1.807) is 0 Å². The van der Waals surface area contributed by atoms with E-state index in [0.717, 1.165) is 49.2 Å². The molecule has 1 aromatic heterocycles. The Morgan fingerprint density at radius 2 is 1.74 bits per heavy atom. The number of hydrogen-bond acceptors (Lipinski definition) is 6. The van der Waals surface area contributed by atoms with E-state index in [-0.39, 0.29) is 24.5 Å². The maximum Gasteiger partial charge on any atom is 0.260 e. The molecule has 0 radical (unpaired) electrons. The van der Waals surface area contributed by atoms with Gasteiger partial charge in [0.1, 0.15) is 5.75 Å². The quantitative estimate of drug-likeness (QED) is 0.393. The van der Waals surface area contributed by atoms with Gasteiger partial charge in [-0.1, -0.05) is 37.6 Å². The Morgan fingerprint density at radius 1 is 0.952 bits per heavy atom. The number of carbonyl (C=O) groups is 2. The zero-order valence-corrected chi connectivity index (χ0v) is 25.1. The second-order valence-electron chi connectivity index (χ2n) is 11.5. The van der Waals surface area contributed by atoms with E-state index >= 15 is 0 Å². The summed E-state index contributed by atoms with van der Waals surface area (Å²) in [6.07, 6.45) is 8.22. The van der Waals surface area contributed by atoms with E-state index in [4.69, 9.17) is 4.74 Å². The number of hydrogen-bond donors (Lipinski definition) is 0. The van der Waals surface area contributed by atoms with Gasteiger partial charge in [-0.05, 0) is 60.7 Å². The number of piperidine rings is 1. The second-order valence-corrected chi connectivity index (χ2v) is 11.5. The predicted molar refractivity (Wildman–Crippen MR) is 167 cm³/mol. The molecule has 5 rings (SSSR count). The molecule has 2 atom stereocenters. The first kappa shape index (κ1) is 29.6. The van der Waals surface area contributed by atoms with Crippen molar-refractivity contribution < 1.29 is 14.3 Å². The number of fused-ring (bicyclic) bond motifs is 3. The van der Waals surface area contributed by atoms with E-state index in [9.17, 15) is 9.59 Å². The largest absolute Gasteiger partial charge is 0.484 e. The first-order chi connectivity index (χ1) is 20.4. The van der Waals surface area contributed by atoms with E-state index in [0.29, 0.717) is 37.8 Å². The Morgan fingerprint density at radius 3 is 2.52 bits per heavy atom. The number of para-hydroxylation sites is 1. The highest BCUT2D eigenvalue weighted by atomic mass is 16.5. The van der Waals surface area contributed by atoms with Crippen LogP contribution in [0.3, 0.4) is 0 Å². The maximum atomic E-state index is 13.9. The molecule has 2 aromatic carbocycles. The summed E-state index contributed by atoms with van der Waals surface area (Å²) in [5.41, 5.74) is 4.12. The number of anilines is 2. The van der Waals surface area contributed by atoms with Crippen LogP contribution in [0.1, 0.15) is 50.2 Å². The molecule has 8 nitrogen and oxygen atoms in total. The lowest BCUT2D eigenvalue weighted by Crippen LogP contribution is -2.52. The van der Waals surface area contributed by atoms with Crippen LogP contribution in [0.2, 0.25) is 0 Å².